The van der Waals surface area contributed by atoms with Gasteiger partial charge in [-0.3, -0.25) is 4.57 Å². The van der Waals surface area contributed by atoms with E-state index in [4.69, 9.17) is 9.72 Å². The Morgan fingerprint density at radius 2 is 1.76 bits per heavy atom. The molecule has 0 aliphatic rings. The van der Waals surface area contributed by atoms with Crippen molar-refractivity contribution in [3.63, 3.8) is 0 Å². The number of hydrogen-bond donors (Lipinski definition) is 0. The van der Waals surface area contributed by atoms with Gasteiger partial charge in [0.25, 0.3) is 0 Å². The number of imidazole rings is 1. The zero-order chi connectivity index (χ0) is 15.0. The first-order chi connectivity index (χ1) is 10.0. The van der Waals surface area contributed by atoms with Crippen molar-refractivity contribution in [1.82, 2.24) is 14.5 Å². The van der Waals surface area contributed by atoms with Crippen molar-refractivity contribution in [2.24, 2.45) is 0 Å². The number of pyridine rings is 1. The Morgan fingerprint density at radius 1 is 1.05 bits per heavy atom. The van der Waals surface area contributed by atoms with Crippen LogP contribution in [0, 0.1) is 0 Å². The zero-order valence-electron chi connectivity index (χ0n) is 12.8. The van der Waals surface area contributed by atoms with E-state index in [9.17, 15) is 0 Å². The monoisotopic (exact) mass is 281 g/mol. The molecule has 0 atom stereocenters. The Balaban J connectivity index is 2.28. The molecule has 4 nitrogen and oxygen atoms in total. The third-order valence-corrected chi connectivity index (χ3v) is 3.42. The molecule has 108 valence electrons. The summed E-state index contributed by atoms with van der Waals surface area (Å²) in [6.45, 7) is 6.48. The van der Waals surface area contributed by atoms with Crippen LogP contribution in [0.25, 0.3) is 16.9 Å². The summed E-state index contributed by atoms with van der Waals surface area (Å²) in [7, 11) is 1.67. The van der Waals surface area contributed by atoms with Crippen LogP contribution < -0.4 is 4.74 Å². The topological polar surface area (TPSA) is 39.9 Å². The van der Waals surface area contributed by atoms with Gasteiger partial charge < -0.3 is 4.74 Å². The average Bonchev–Trinajstić information content (AvgIpc) is 2.87. The van der Waals surface area contributed by atoms with Crippen LogP contribution in [0.3, 0.4) is 0 Å². The predicted molar refractivity (Wildman–Crippen MR) is 84.1 cm³/mol. The summed E-state index contributed by atoms with van der Waals surface area (Å²) in [6, 6.07) is 11.9. The Hall–Kier alpha value is -2.36. The van der Waals surface area contributed by atoms with Crippen LogP contribution in [0.2, 0.25) is 0 Å². The maximum absolute atomic E-state index is 5.23. The average molecular weight is 281 g/mol. The first-order valence-electron chi connectivity index (χ1n) is 6.99. The van der Waals surface area contributed by atoms with E-state index in [0.717, 1.165) is 28.4 Å². The van der Waals surface area contributed by atoms with E-state index in [-0.39, 0.29) is 5.41 Å². The second kappa shape index (κ2) is 4.88. The second-order valence-electron chi connectivity index (χ2n) is 6.06. The summed E-state index contributed by atoms with van der Waals surface area (Å²) in [4.78, 5) is 9.28. The van der Waals surface area contributed by atoms with Gasteiger partial charge in [-0.05, 0) is 36.4 Å². The summed E-state index contributed by atoms with van der Waals surface area (Å²) < 4.78 is 7.35. The summed E-state index contributed by atoms with van der Waals surface area (Å²) in [5.74, 6) is 1.84. The van der Waals surface area contributed by atoms with Gasteiger partial charge in [0.15, 0.2) is 5.65 Å². The van der Waals surface area contributed by atoms with Gasteiger partial charge in [-0.25, -0.2) is 9.97 Å². The van der Waals surface area contributed by atoms with Crippen molar-refractivity contribution >= 4 is 11.2 Å². The normalized spacial score (nSPS) is 11.8. The van der Waals surface area contributed by atoms with E-state index in [1.54, 1.807) is 13.3 Å². The highest BCUT2D eigenvalue weighted by Gasteiger charge is 2.24. The fourth-order valence-electron chi connectivity index (χ4n) is 2.39. The molecule has 0 saturated heterocycles. The smallest absolute Gasteiger partial charge is 0.164 e. The molecule has 0 amide bonds. The molecule has 0 N–H and O–H groups in total. The molecule has 0 spiro atoms. The maximum Gasteiger partial charge on any atom is 0.164 e. The Morgan fingerprint density at radius 3 is 2.38 bits per heavy atom. The lowest BCUT2D eigenvalue weighted by Crippen LogP contribution is -2.18. The molecular formula is C17H19N3O. The number of aromatic nitrogens is 3. The molecule has 0 unspecified atom stereocenters. The Kier molecular flexibility index (Phi) is 3.16. The highest BCUT2D eigenvalue weighted by Crippen LogP contribution is 2.29. The Bertz CT molecular complexity index is 767. The van der Waals surface area contributed by atoms with Crippen LogP contribution in [-0.2, 0) is 5.41 Å². The minimum atomic E-state index is -0.0688. The van der Waals surface area contributed by atoms with Gasteiger partial charge in [-0.1, -0.05) is 20.8 Å². The quantitative estimate of drug-likeness (QED) is 0.718. The molecule has 2 heterocycles. The van der Waals surface area contributed by atoms with Crippen LogP contribution >= 0.6 is 0 Å². The molecule has 0 aliphatic carbocycles. The van der Waals surface area contributed by atoms with Gasteiger partial charge >= 0.3 is 0 Å². The number of fused-ring (bicyclic) bond motifs is 1. The van der Waals surface area contributed by atoms with Crippen molar-refractivity contribution < 1.29 is 4.74 Å². The van der Waals surface area contributed by atoms with Gasteiger partial charge in [0.1, 0.15) is 17.1 Å². The number of nitrogens with zero attached hydrogens (tertiary/aromatic N) is 3. The lowest BCUT2D eigenvalue weighted by Gasteiger charge is -2.20. The highest BCUT2D eigenvalue weighted by atomic mass is 16.5. The zero-order valence-corrected chi connectivity index (χ0v) is 12.8. The van der Waals surface area contributed by atoms with Gasteiger partial charge in [-0.2, -0.15) is 0 Å². The van der Waals surface area contributed by atoms with Gasteiger partial charge in [0, 0.05) is 17.3 Å². The number of methoxy groups -OCH3 is 1. The van der Waals surface area contributed by atoms with E-state index in [0.29, 0.717) is 0 Å². The number of ether oxygens (including phenoxy) is 1. The molecule has 2 aromatic heterocycles. The maximum atomic E-state index is 5.23. The third-order valence-electron chi connectivity index (χ3n) is 3.42. The lowest BCUT2D eigenvalue weighted by molar-refractivity contribution is 0.414. The van der Waals surface area contributed by atoms with E-state index in [1.807, 2.05) is 36.4 Å². The fourth-order valence-corrected chi connectivity index (χ4v) is 2.39. The summed E-state index contributed by atoms with van der Waals surface area (Å²) in [5.41, 5.74) is 2.77. The van der Waals surface area contributed by atoms with Gasteiger partial charge in [0.2, 0.25) is 0 Å². The van der Waals surface area contributed by atoms with Gasteiger partial charge in [0.05, 0.1) is 7.11 Å². The minimum absolute atomic E-state index is 0.0688. The van der Waals surface area contributed by atoms with Crippen LogP contribution in [0.4, 0.5) is 0 Å². The third kappa shape index (κ3) is 2.37. The van der Waals surface area contributed by atoms with Crippen molar-refractivity contribution in [3.05, 3.63) is 48.4 Å². The molecule has 0 saturated carbocycles. The number of benzene rings is 1. The minimum Gasteiger partial charge on any atom is -0.497 e. The van der Waals surface area contributed by atoms with E-state index < -0.39 is 0 Å². The van der Waals surface area contributed by atoms with Crippen molar-refractivity contribution in [2.75, 3.05) is 7.11 Å². The predicted octanol–water partition coefficient (Wildman–Crippen LogP) is 3.73. The largest absolute Gasteiger partial charge is 0.497 e. The molecule has 0 fully saturated rings. The fraction of sp³-hybridized carbons (Fsp3) is 0.294. The van der Waals surface area contributed by atoms with Crippen LogP contribution in [0.5, 0.6) is 5.75 Å². The van der Waals surface area contributed by atoms with Crippen molar-refractivity contribution in [1.29, 1.82) is 0 Å². The summed E-state index contributed by atoms with van der Waals surface area (Å²) in [6.07, 6.45) is 1.80. The molecule has 0 bridgehead atoms. The molecule has 0 aliphatic heterocycles. The molecule has 4 heteroatoms. The van der Waals surface area contributed by atoms with E-state index in [1.165, 1.54) is 0 Å². The van der Waals surface area contributed by atoms with E-state index >= 15 is 0 Å². The van der Waals surface area contributed by atoms with Crippen LogP contribution in [0.1, 0.15) is 26.6 Å². The molecular weight excluding hydrogens is 262 g/mol. The summed E-state index contributed by atoms with van der Waals surface area (Å²) in [5, 5.41) is 0. The standard InChI is InChI=1S/C17H19N3O/c1-17(2,3)16-19-14-6-5-11-18-15(14)20(16)12-7-9-13(21-4)10-8-12/h5-11H,1-4H3. The van der Waals surface area contributed by atoms with Crippen LogP contribution in [-0.4, -0.2) is 21.6 Å². The number of rotatable bonds is 2. The lowest BCUT2D eigenvalue weighted by atomic mass is 9.95. The highest BCUT2D eigenvalue weighted by molar-refractivity contribution is 5.74. The summed E-state index contributed by atoms with van der Waals surface area (Å²) >= 11 is 0. The first kappa shape index (κ1) is 13.6. The second-order valence-corrected chi connectivity index (χ2v) is 6.06. The van der Waals surface area contributed by atoms with Crippen molar-refractivity contribution in [3.8, 4) is 11.4 Å². The first-order valence-corrected chi connectivity index (χ1v) is 6.99. The molecule has 3 rings (SSSR count). The van der Waals surface area contributed by atoms with Crippen LogP contribution in [0.15, 0.2) is 42.6 Å². The molecule has 3 aromatic rings. The van der Waals surface area contributed by atoms with Gasteiger partial charge in [-0.15, -0.1) is 0 Å². The van der Waals surface area contributed by atoms with E-state index in [2.05, 4.69) is 30.3 Å². The Labute approximate surface area is 124 Å². The van der Waals surface area contributed by atoms with Crippen molar-refractivity contribution in [2.45, 2.75) is 26.2 Å². The molecule has 21 heavy (non-hydrogen) atoms. The number of hydrogen-bond acceptors (Lipinski definition) is 3. The SMILES string of the molecule is COc1ccc(-n2c(C(C)(C)C)nc3cccnc32)cc1. The molecule has 0 radical (unpaired) electrons. The molecule has 1 aromatic carbocycles.